The molecule has 18 heavy (non-hydrogen) atoms. The molecule has 0 amide bonds. The molecule has 1 aromatic carbocycles. The van der Waals surface area contributed by atoms with E-state index < -0.39 is 18.0 Å². The molecule has 5 nitrogen and oxygen atoms in total. The van der Waals surface area contributed by atoms with Crippen LogP contribution in [0.5, 0.6) is 5.75 Å². The average Bonchev–Trinajstić information content (AvgIpc) is 2.34. The molecule has 0 aromatic heterocycles. The van der Waals surface area contributed by atoms with Gasteiger partial charge in [0.15, 0.2) is 6.10 Å². The number of hydrogen-bond donors (Lipinski definition) is 2. The summed E-state index contributed by atoms with van der Waals surface area (Å²) in [5.41, 5.74) is 0.702. The van der Waals surface area contributed by atoms with E-state index in [0.29, 0.717) is 17.7 Å². The molecule has 96 valence electrons. The van der Waals surface area contributed by atoms with E-state index in [-0.39, 0.29) is 0 Å². The number of carboxylic acids is 2. The number of hydrogen-bond acceptors (Lipinski definition) is 3. The average molecular weight is 250 g/mol. The van der Waals surface area contributed by atoms with Crippen molar-refractivity contribution in [2.24, 2.45) is 0 Å². The van der Waals surface area contributed by atoms with E-state index in [1.165, 1.54) is 6.08 Å². The van der Waals surface area contributed by atoms with Crippen molar-refractivity contribution in [2.45, 2.75) is 19.4 Å². The molecule has 0 bridgehead atoms. The fraction of sp³-hybridized carbons (Fsp3) is 0.231. The van der Waals surface area contributed by atoms with Gasteiger partial charge in [-0.05, 0) is 30.2 Å². The van der Waals surface area contributed by atoms with Crippen LogP contribution in [0.1, 0.15) is 18.9 Å². The first-order chi connectivity index (χ1) is 8.52. The highest BCUT2D eigenvalue weighted by molar-refractivity contribution is 5.85. The van der Waals surface area contributed by atoms with E-state index in [1.54, 1.807) is 31.2 Å². The minimum absolute atomic E-state index is 0.371. The number of carbonyl (C=O) groups is 2. The summed E-state index contributed by atoms with van der Waals surface area (Å²) in [5, 5.41) is 17.3. The molecule has 0 spiro atoms. The predicted octanol–water partition coefficient (Wildman–Crippen LogP) is 2.03. The van der Waals surface area contributed by atoms with Crippen molar-refractivity contribution < 1.29 is 24.5 Å². The third kappa shape index (κ3) is 4.29. The minimum Gasteiger partial charge on any atom is -0.479 e. The molecule has 0 radical (unpaired) electrons. The Morgan fingerprint density at radius 1 is 1.28 bits per heavy atom. The van der Waals surface area contributed by atoms with Gasteiger partial charge in [0, 0.05) is 6.08 Å². The van der Waals surface area contributed by atoms with E-state index in [2.05, 4.69) is 0 Å². The summed E-state index contributed by atoms with van der Waals surface area (Å²) in [6.07, 6.45) is 1.98. The van der Waals surface area contributed by atoms with Gasteiger partial charge in [0.1, 0.15) is 5.75 Å². The number of benzene rings is 1. The molecule has 1 rings (SSSR count). The molecule has 1 unspecified atom stereocenters. The zero-order chi connectivity index (χ0) is 13.5. The van der Waals surface area contributed by atoms with Crippen LogP contribution in [0.2, 0.25) is 0 Å². The second-order valence-corrected chi connectivity index (χ2v) is 3.59. The molecule has 1 atom stereocenters. The largest absolute Gasteiger partial charge is 0.479 e. The third-order valence-corrected chi connectivity index (χ3v) is 2.22. The summed E-state index contributed by atoms with van der Waals surface area (Å²) in [6, 6.07) is 6.52. The van der Waals surface area contributed by atoms with E-state index in [0.717, 1.165) is 6.08 Å². The van der Waals surface area contributed by atoms with Crippen LogP contribution in [0.15, 0.2) is 30.3 Å². The van der Waals surface area contributed by atoms with Gasteiger partial charge < -0.3 is 14.9 Å². The van der Waals surface area contributed by atoms with Crippen molar-refractivity contribution in [2.75, 3.05) is 0 Å². The first kappa shape index (κ1) is 13.8. The van der Waals surface area contributed by atoms with Crippen LogP contribution in [0.4, 0.5) is 0 Å². The first-order valence-corrected chi connectivity index (χ1v) is 5.43. The van der Waals surface area contributed by atoms with Crippen molar-refractivity contribution in [1.82, 2.24) is 0 Å². The zero-order valence-electron chi connectivity index (χ0n) is 9.87. The molecule has 0 saturated carbocycles. The molecule has 0 aliphatic carbocycles. The van der Waals surface area contributed by atoms with Gasteiger partial charge in [-0.2, -0.15) is 0 Å². The number of ether oxygens (including phenoxy) is 1. The van der Waals surface area contributed by atoms with Crippen LogP contribution in [-0.2, 0) is 9.59 Å². The second-order valence-electron chi connectivity index (χ2n) is 3.59. The Morgan fingerprint density at radius 3 is 2.33 bits per heavy atom. The van der Waals surface area contributed by atoms with Crippen LogP contribution in [-0.4, -0.2) is 28.3 Å². The fourth-order valence-electron chi connectivity index (χ4n) is 1.30. The van der Waals surface area contributed by atoms with Crippen LogP contribution in [0, 0.1) is 0 Å². The topological polar surface area (TPSA) is 83.8 Å². The summed E-state index contributed by atoms with van der Waals surface area (Å²) in [6.45, 7) is 1.72. The summed E-state index contributed by atoms with van der Waals surface area (Å²) < 4.78 is 5.27. The molecule has 1 aromatic rings. The summed E-state index contributed by atoms with van der Waals surface area (Å²) >= 11 is 0. The Bertz CT molecular complexity index is 447. The maximum absolute atomic E-state index is 10.8. The SMILES string of the molecule is CCC(Oc1ccc(C=CC(=O)O)cc1)C(=O)O. The van der Waals surface area contributed by atoms with Gasteiger partial charge in [-0.3, -0.25) is 0 Å². The lowest BCUT2D eigenvalue weighted by Gasteiger charge is -2.12. The lowest BCUT2D eigenvalue weighted by molar-refractivity contribution is -0.145. The maximum atomic E-state index is 10.8. The third-order valence-electron chi connectivity index (χ3n) is 2.22. The predicted molar refractivity (Wildman–Crippen MR) is 65.5 cm³/mol. The van der Waals surface area contributed by atoms with Gasteiger partial charge in [0.2, 0.25) is 0 Å². The van der Waals surface area contributed by atoms with E-state index in [1.807, 2.05) is 0 Å². The fourth-order valence-corrected chi connectivity index (χ4v) is 1.30. The Balaban J connectivity index is 2.71. The van der Waals surface area contributed by atoms with Crippen LogP contribution in [0.3, 0.4) is 0 Å². The highest BCUT2D eigenvalue weighted by atomic mass is 16.5. The normalized spacial score (nSPS) is 12.3. The Kier molecular flexibility index (Phi) is 4.92. The van der Waals surface area contributed by atoms with E-state index >= 15 is 0 Å². The molecular formula is C13H14O5. The summed E-state index contributed by atoms with van der Waals surface area (Å²) in [7, 11) is 0. The zero-order valence-corrected chi connectivity index (χ0v) is 9.87. The van der Waals surface area contributed by atoms with Crippen molar-refractivity contribution in [1.29, 1.82) is 0 Å². The monoisotopic (exact) mass is 250 g/mol. The highest BCUT2D eigenvalue weighted by Gasteiger charge is 2.16. The number of carboxylic acid groups (broad SMARTS) is 2. The van der Waals surface area contributed by atoms with E-state index in [4.69, 9.17) is 14.9 Å². The molecular weight excluding hydrogens is 236 g/mol. The van der Waals surface area contributed by atoms with Gasteiger partial charge in [-0.25, -0.2) is 9.59 Å². The summed E-state index contributed by atoms with van der Waals surface area (Å²) in [5.74, 6) is -1.59. The lowest BCUT2D eigenvalue weighted by Crippen LogP contribution is -2.25. The number of aliphatic carboxylic acids is 2. The van der Waals surface area contributed by atoms with Crippen molar-refractivity contribution in [3.8, 4) is 5.75 Å². The quantitative estimate of drug-likeness (QED) is 0.754. The van der Waals surface area contributed by atoms with Crippen molar-refractivity contribution in [3.05, 3.63) is 35.9 Å². The lowest BCUT2D eigenvalue weighted by atomic mass is 10.2. The van der Waals surface area contributed by atoms with Crippen molar-refractivity contribution >= 4 is 18.0 Å². The van der Waals surface area contributed by atoms with Crippen LogP contribution < -0.4 is 4.74 Å². The molecule has 0 aliphatic heterocycles. The highest BCUT2D eigenvalue weighted by Crippen LogP contribution is 2.15. The molecule has 0 fully saturated rings. The van der Waals surface area contributed by atoms with Gasteiger partial charge in [0.05, 0.1) is 0 Å². The standard InChI is InChI=1S/C13H14O5/c1-2-11(13(16)17)18-10-6-3-9(4-7-10)5-8-12(14)15/h3-8,11H,2H2,1H3,(H,14,15)(H,16,17). The summed E-state index contributed by atoms with van der Waals surface area (Å²) in [4.78, 5) is 21.1. The Hall–Kier alpha value is -2.30. The Morgan fingerprint density at radius 2 is 1.89 bits per heavy atom. The molecule has 0 heterocycles. The van der Waals surface area contributed by atoms with Gasteiger partial charge >= 0.3 is 11.9 Å². The van der Waals surface area contributed by atoms with E-state index in [9.17, 15) is 9.59 Å². The number of rotatable bonds is 6. The molecule has 0 aliphatic rings. The minimum atomic E-state index is -1.02. The van der Waals surface area contributed by atoms with Crippen LogP contribution >= 0.6 is 0 Å². The van der Waals surface area contributed by atoms with Gasteiger partial charge in [-0.15, -0.1) is 0 Å². The van der Waals surface area contributed by atoms with Gasteiger partial charge in [0.25, 0.3) is 0 Å². The molecule has 5 heteroatoms. The molecule has 0 saturated heterocycles. The van der Waals surface area contributed by atoms with Gasteiger partial charge in [-0.1, -0.05) is 19.1 Å². The smallest absolute Gasteiger partial charge is 0.344 e. The van der Waals surface area contributed by atoms with Crippen LogP contribution in [0.25, 0.3) is 6.08 Å². The van der Waals surface area contributed by atoms with Crippen molar-refractivity contribution in [3.63, 3.8) is 0 Å². The first-order valence-electron chi connectivity index (χ1n) is 5.43. The Labute approximate surface area is 104 Å². The second kappa shape index (κ2) is 6.44. The molecule has 2 N–H and O–H groups in total. The maximum Gasteiger partial charge on any atom is 0.344 e.